The van der Waals surface area contributed by atoms with E-state index >= 15 is 0 Å². The molecule has 0 atom stereocenters. The van der Waals surface area contributed by atoms with Crippen LogP contribution in [0.3, 0.4) is 0 Å². The average molecular weight is 270 g/mol. The molecule has 2 nitrogen and oxygen atoms in total. The van der Waals surface area contributed by atoms with Gasteiger partial charge in [-0.25, -0.2) is 0 Å². The predicted molar refractivity (Wildman–Crippen MR) is 82.2 cm³/mol. The van der Waals surface area contributed by atoms with Crippen molar-refractivity contribution >= 4 is 30.1 Å². The molecule has 19 heavy (non-hydrogen) atoms. The third-order valence-corrected chi connectivity index (χ3v) is 5.09. The lowest BCUT2D eigenvalue weighted by atomic mass is 10.2. The molecule has 1 N–H and O–H groups in total. The van der Waals surface area contributed by atoms with Gasteiger partial charge in [0.1, 0.15) is 0 Å². The maximum Gasteiger partial charge on any atom is 0.259 e. The molecule has 0 radical (unpaired) electrons. The summed E-state index contributed by atoms with van der Waals surface area (Å²) in [7, 11) is -3.65. The fourth-order valence-corrected chi connectivity index (χ4v) is 3.87. The van der Waals surface area contributed by atoms with E-state index in [1.54, 1.807) is 48.6 Å². The topological polar surface area (TPSA) is 37.3 Å². The molecular weight excluding hydrogens is 255 g/mol. The molecule has 96 valence electrons. The molecule has 0 saturated heterocycles. The van der Waals surface area contributed by atoms with Crippen molar-refractivity contribution in [1.82, 2.24) is 0 Å². The Kier molecular flexibility index (Phi) is 3.84. The average Bonchev–Trinajstić information content (AvgIpc) is 2.47. The molecule has 2 rings (SSSR count). The molecule has 0 amide bonds. The van der Waals surface area contributed by atoms with Gasteiger partial charge < -0.3 is 4.89 Å². The number of hydrogen-bond acceptors (Lipinski definition) is 1. The molecule has 0 spiro atoms. The first kappa shape index (κ1) is 13.5. The standard InChI is InChI=1S/C16H15O2P/c1-3-13-9-5-7-11-15(13)19(17,18)16-12-8-6-10-14(16)4-2/h3-12H,1-2H2,(H,17,18). The Bertz CT molecular complexity index is 618. The van der Waals surface area contributed by atoms with Crippen LogP contribution in [-0.2, 0) is 4.57 Å². The van der Waals surface area contributed by atoms with Crippen molar-refractivity contribution in [1.29, 1.82) is 0 Å². The van der Waals surface area contributed by atoms with Gasteiger partial charge in [-0.15, -0.1) is 0 Å². The van der Waals surface area contributed by atoms with E-state index in [4.69, 9.17) is 0 Å². The normalized spacial score (nSPS) is 11.0. The first-order valence-electron chi connectivity index (χ1n) is 5.88. The molecule has 0 fully saturated rings. The number of benzene rings is 2. The zero-order chi connectivity index (χ0) is 13.9. The van der Waals surface area contributed by atoms with Gasteiger partial charge in [0.2, 0.25) is 0 Å². The van der Waals surface area contributed by atoms with E-state index in [9.17, 15) is 9.46 Å². The monoisotopic (exact) mass is 270 g/mol. The van der Waals surface area contributed by atoms with Crippen molar-refractivity contribution in [2.75, 3.05) is 0 Å². The van der Waals surface area contributed by atoms with E-state index < -0.39 is 7.37 Å². The van der Waals surface area contributed by atoms with E-state index in [-0.39, 0.29) is 0 Å². The Morgan fingerprint density at radius 3 is 1.58 bits per heavy atom. The lowest BCUT2D eigenvalue weighted by Gasteiger charge is -2.16. The molecule has 0 aliphatic rings. The highest BCUT2D eigenvalue weighted by Crippen LogP contribution is 2.40. The minimum atomic E-state index is -3.65. The van der Waals surface area contributed by atoms with Crippen LogP contribution in [0.1, 0.15) is 11.1 Å². The molecule has 0 saturated carbocycles. The van der Waals surface area contributed by atoms with Crippen molar-refractivity contribution in [2.45, 2.75) is 0 Å². The highest BCUT2D eigenvalue weighted by molar-refractivity contribution is 7.73. The summed E-state index contributed by atoms with van der Waals surface area (Å²) in [5, 5.41) is 0.804. The Morgan fingerprint density at radius 1 is 0.842 bits per heavy atom. The van der Waals surface area contributed by atoms with Crippen LogP contribution in [0.15, 0.2) is 61.7 Å². The minimum Gasteiger partial charge on any atom is -0.338 e. The summed E-state index contributed by atoms with van der Waals surface area (Å²) >= 11 is 0. The fourth-order valence-electron chi connectivity index (χ4n) is 2.00. The molecule has 0 bridgehead atoms. The van der Waals surface area contributed by atoms with Crippen LogP contribution >= 0.6 is 7.37 Å². The van der Waals surface area contributed by atoms with Crippen molar-refractivity contribution in [3.8, 4) is 0 Å². The van der Waals surface area contributed by atoms with E-state index in [0.717, 1.165) is 0 Å². The summed E-state index contributed by atoms with van der Waals surface area (Å²) in [5.41, 5.74) is 1.35. The second kappa shape index (κ2) is 5.40. The molecule has 0 unspecified atom stereocenters. The number of rotatable bonds is 4. The van der Waals surface area contributed by atoms with Crippen LogP contribution in [0.25, 0.3) is 12.2 Å². The summed E-state index contributed by atoms with van der Waals surface area (Å²) in [6, 6.07) is 14.0. The van der Waals surface area contributed by atoms with E-state index in [1.165, 1.54) is 0 Å². The largest absolute Gasteiger partial charge is 0.338 e. The van der Waals surface area contributed by atoms with Crippen LogP contribution < -0.4 is 10.6 Å². The second-order valence-electron chi connectivity index (χ2n) is 4.10. The highest BCUT2D eigenvalue weighted by atomic mass is 31.2. The SMILES string of the molecule is C=Cc1ccccc1P(=O)(O)c1ccccc1C=C. The van der Waals surface area contributed by atoms with Gasteiger partial charge in [-0.05, 0) is 23.3 Å². The van der Waals surface area contributed by atoms with Crippen LogP contribution in [-0.4, -0.2) is 4.89 Å². The van der Waals surface area contributed by atoms with Crippen molar-refractivity contribution < 1.29 is 9.46 Å². The van der Waals surface area contributed by atoms with Gasteiger partial charge in [0.25, 0.3) is 7.37 Å². The van der Waals surface area contributed by atoms with Crippen LogP contribution in [0.2, 0.25) is 0 Å². The molecule has 0 aliphatic carbocycles. The molecule has 2 aromatic rings. The first-order chi connectivity index (χ1) is 9.11. The van der Waals surface area contributed by atoms with Gasteiger partial charge in [0.05, 0.1) is 0 Å². The van der Waals surface area contributed by atoms with Gasteiger partial charge in [-0.1, -0.05) is 61.7 Å². The van der Waals surface area contributed by atoms with E-state index in [0.29, 0.717) is 21.7 Å². The maximum atomic E-state index is 12.8. The van der Waals surface area contributed by atoms with Crippen LogP contribution in [0.4, 0.5) is 0 Å². The Hall–Kier alpha value is -1.89. The van der Waals surface area contributed by atoms with Crippen molar-refractivity contribution in [2.24, 2.45) is 0 Å². The maximum absolute atomic E-state index is 12.8. The van der Waals surface area contributed by atoms with Gasteiger partial charge >= 0.3 is 0 Å². The zero-order valence-corrected chi connectivity index (χ0v) is 11.4. The van der Waals surface area contributed by atoms with Gasteiger partial charge in [0.15, 0.2) is 0 Å². The van der Waals surface area contributed by atoms with Crippen LogP contribution in [0.5, 0.6) is 0 Å². The third-order valence-electron chi connectivity index (χ3n) is 2.97. The molecule has 0 aliphatic heterocycles. The Morgan fingerprint density at radius 2 is 1.21 bits per heavy atom. The zero-order valence-electron chi connectivity index (χ0n) is 10.5. The third kappa shape index (κ3) is 2.46. The number of hydrogen-bond donors (Lipinski definition) is 1. The molecule has 2 aromatic carbocycles. The first-order valence-corrected chi connectivity index (χ1v) is 7.54. The van der Waals surface area contributed by atoms with Gasteiger partial charge in [0, 0.05) is 10.6 Å². The van der Waals surface area contributed by atoms with E-state index in [2.05, 4.69) is 13.2 Å². The molecule has 0 heterocycles. The molecular formula is C16H15O2P. The smallest absolute Gasteiger partial charge is 0.259 e. The quantitative estimate of drug-likeness (QED) is 0.866. The molecule has 0 aromatic heterocycles. The van der Waals surface area contributed by atoms with Crippen molar-refractivity contribution in [3.63, 3.8) is 0 Å². The minimum absolute atomic E-state index is 0.402. The van der Waals surface area contributed by atoms with E-state index in [1.807, 2.05) is 12.1 Å². The summed E-state index contributed by atoms with van der Waals surface area (Å²) in [6.07, 6.45) is 3.18. The predicted octanol–water partition coefficient (Wildman–Crippen LogP) is 3.19. The molecule has 3 heteroatoms. The fraction of sp³-hybridized carbons (Fsp3) is 0. The summed E-state index contributed by atoms with van der Waals surface area (Å²) in [6.45, 7) is 7.38. The van der Waals surface area contributed by atoms with Gasteiger partial charge in [-0.3, -0.25) is 4.57 Å². The highest BCUT2D eigenvalue weighted by Gasteiger charge is 2.27. The summed E-state index contributed by atoms with van der Waals surface area (Å²) < 4.78 is 12.8. The Balaban J connectivity index is 2.68. The summed E-state index contributed by atoms with van der Waals surface area (Å²) in [4.78, 5) is 10.5. The lowest BCUT2D eigenvalue weighted by molar-refractivity contribution is 0.501. The lowest BCUT2D eigenvalue weighted by Crippen LogP contribution is -2.19. The van der Waals surface area contributed by atoms with Crippen molar-refractivity contribution in [3.05, 3.63) is 72.8 Å². The Labute approximate surface area is 113 Å². The van der Waals surface area contributed by atoms with Crippen LogP contribution in [0, 0.1) is 0 Å². The second-order valence-corrected chi connectivity index (χ2v) is 6.22. The summed E-state index contributed by atoms with van der Waals surface area (Å²) in [5.74, 6) is 0. The van der Waals surface area contributed by atoms with Gasteiger partial charge in [-0.2, -0.15) is 0 Å².